The number of nitrogens with one attached hydrogen (secondary N) is 1. The molecule has 26 heavy (non-hydrogen) atoms. The highest BCUT2D eigenvalue weighted by molar-refractivity contribution is 5.80. The largest absolute Gasteiger partial charge is 0.493 e. The van der Waals surface area contributed by atoms with Crippen LogP contribution in [0.2, 0.25) is 0 Å². The van der Waals surface area contributed by atoms with Crippen LogP contribution in [-0.4, -0.2) is 32.8 Å². The van der Waals surface area contributed by atoms with Crippen LogP contribution in [0, 0.1) is 0 Å². The SMILES string of the molecule is CCOc1ccccc1O[C@@H](C)C(=O)NCc1ccc(OC)c(OC)c1. The van der Waals surface area contributed by atoms with E-state index in [1.165, 1.54) is 0 Å². The van der Waals surface area contributed by atoms with E-state index in [4.69, 9.17) is 18.9 Å². The molecule has 0 unspecified atom stereocenters. The third-order valence-electron chi connectivity index (χ3n) is 3.74. The molecule has 6 nitrogen and oxygen atoms in total. The van der Waals surface area contributed by atoms with Crippen LogP contribution in [0.3, 0.4) is 0 Å². The lowest BCUT2D eigenvalue weighted by Gasteiger charge is -2.17. The van der Waals surface area contributed by atoms with Crippen molar-refractivity contribution in [3.05, 3.63) is 48.0 Å². The Morgan fingerprint density at radius 2 is 1.69 bits per heavy atom. The van der Waals surface area contributed by atoms with Gasteiger partial charge in [0.15, 0.2) is 29.1 Å². The second kappa shape index (κ2) is 9.56. The average Bonchev–Trinajstić information content (AvgIpc) is 2.67. The van der Waals surface area contributed by atoms with Gasteiger partial charge in [0, 0.05) is 6.54 Å². The minimum atomic E-state index is -0.656. The van der Waals surface area contributed by atoms with Gasteiger partial charge < -0.3 is 24.3 Å². The average molecular weight is 359 g/mol. The molecule has 140 valence electrons. The first-order chi connectivity index (χ1) is 12.6. The summed E-state index contributed by atoms with van der Waals surface area (Å²) < 4.78 is 21.7. The van der Waals surface area contributed by atoms with Gasteiger partial charge in [0.2, 0.25) is 0 Å². The molecule has 1 N–H and O–H groups in total. The van der Waals surface area contributed by atoms with Crippen LogP contribution in [-0.2, 0) is 11.3 Å². The Balaban J connectivity index is 1.95. The zero-order valence-corrected chi connectivity index (χ0v) is 15.6. The minimum absolute atomic E-state index is 0.217. The van der Waals surface area contributed by atoms with Crippen molar-refractivity contribution in [3.63, 3.8) is 0 Å². The number of carbonyl (C=O) groups excluding carboxylic acids is 1. The van der Waals surface area contributed by atoms with Crippen LogP contribution in [0.4, 0.5) is 0 Å². The van der Waals surface area contributed by atoms with E-state index >= 15 is 0 Å². The summed E-state index contributed by atoms with van der Waals surface area (Å²) in [6.07, 6.45) is -0.656. The van der Waals surface area contributed by atoms with Crippen LogP contribution >= 0.6 is 0 Å². The number of carbonyl (C=O) groups is 1. The first-order valence-electron chi connectivity index (χ1n) is 8.46. The Morgan fingerprint density at radius 3 is 2.35 bits per heavy atom. The Hall–Kier alpha value is -2.89. The van der Waals surface area contributed by atoms with Crippen molar-refractivity contribution in [2.75, 3.05) is 20.8 Å². The molecule has 0 aromatic heterocycles. The molecule has 0 spiro atoms. The first kappa shape index (κ1) is 19.4. The lowest BCUT2D eigenvalue weighted by molar-refractivity contribution is -0.127. The second-order valence-corrected chi connectivity index (χ2v) is 5.55. The van der Waals surface area contributed by atoms with Gasteiger partial charge in [-0.1, -0.05) is 18.2 Å². The maximum Gasteiger partial charge on any atom is 0.261 e. The predicted octanol–water partition coefficient (Wildman–Crippen LogP) is 3.19. The van der Waals surface area contributed by atoms with Crippen LogP contribution in [0.5, 0.6) is 23.0 Å². The minimum Gasteiger partial charge on any atom is -0.493 e. The van der Waals surface area contributed by atoms with Gasteiger partial charge in [0.25, 0.3) is 5.91 Å². The van der Waals surface area contributed by atoms with Crippen molar-refractivity contribution in [3.8, 4) is 23.0 Å². The van der Waals surface area contributed by atoms with Crippen LogP contribution < -0.4 is 24.3 Å². The summed E-state index contributed by atoms with van der Waals surface area (Å²) in [7, 11) is 3.16. The van der Waals surface area contributed by atoms with Crippen molar-refractivity contribution in [1.82, 2.24) is 5.32 Å². The monoisotopic (exact) mass is 359 g/mol. The highest BCUT2D eigenvalue weighted by Crippen LogP contribution is 2.28. The number of ether oxygens (including phenoxy) is 4. The Morgan fingerprint density at radius 1 is 1.00 bits per heavy atom. The number of amides is 1. The molecule has 0 aliphatic heterocycles. The quantitative estimate of drug-likeness (QED) is 0.745. The molecule has 0 aliphatic carbocycles. The molecular weight excluding hydrogens is 334 g/mol. The third kappa shape index (κ3) is 5.05. The fourth-order valence-electron chi connectivity index (χ4n) is 2.39. The Kier molecular flexibility index (Phi) is 7.14. The maximum atomic E-state index is 12.3. The first-order valence-corrected chi connectivity index (χ1v) is 8.46. The van der Waals surface area contributed by atoms with Gasteiger partial charge in [-0.3, -0.25) is 4.79 Å². The van der Waals surface area contributed by atoms with E-state index in [1.54, 1.807) is 33.3 Å². The van der Waals surface area contributed by atoms with Crippen molar-refractivity contribution in [1.29, 1.82) is 0 Å². The second-order valence-electron chi connectivity index (χ2n) is 5.55. The molecule has 0 radical (unpaired) electrons. The van der Waals surface area contributed by atoms with E-state index < -0.39 is 6.10 Å². The molecule has 0 saturated carbocycles. The van der Waals surface area contributed by atoms with Gasteiger partial charge in [-0.15, -0.1) is 0 Å². The lowest BCUT2D eigenvalue weighted by atomic mass is 10.2. The maximum absolute atomic E-state index is 12.3. The number of methoxy groups -OCH3 is 2. The topological polar surface area (TPSA) is 66.0 Å². The summed E-state index contributed by atoms with van der Waals surface area (Å²) in [5, 5.41) is 2.86. The zero-order valence-electron chi connectivity index (χ0n) is 15.6. The normalized spacial score (nSPS) is 11.4. The molecule has 0 fully saturated rings. The third-order valence-corrected chi connectivity index (χ3v) is 3.74. The van der Waals surface area contributed by atoms with E-state index in [2.05, 4.69) is 5.32 Å². The van der Waals surface area contributed by atoms with E-state index in [0.29, 0.717) is 36.1 Å². The van der Waals surface area contributed by atoms with Crippen molar-refractivity contribution >= 4 is 5.91 Å². The summed E-state index contributed by atoms with van der Waals surface area (Å²) in [4.78, 5) is 12.3. The number of hydrogen-bond acceptors (Lipinski definition) is 5. The van der Waals surface area contributed by atoms with Crippen LogP contribution in [0.25, 0.3) is 0 Å². The number of rotatable bonds is 9. The van der Waals surface area contributed by atoms with Gasteiger partial charge in [-0.05, 0) is 43.7 Å². The number of benzene rings is 2. The van der Waals surface area contributed by atoms with Crippen molar-refractivity contribution < 1.29 is 23.7 Å². The Bertz CT molecular complexity index is 732. The lowest BCUT2D eigenvalue weighted by Crippen LogP contribution is -2.36. The molecular formula is C20H25NO5. The summed E-state index contributed by atoms with van der Waals surface area (Å²) in [6, 6.07) is 12.8. The van der Waals surface area contributed by atoms with E-state index in [0.717, 1.165) is 5.56 Å². The summed E-state index contributed by atoms with van der Waals surface area (Å²) in [5.74, 6) is 2.21. The van der Waals surface area contributed by atoms with Crippen LogP contribution in [0.1, 0.15) is 19.4 Å². The summed E-state index contributed by atoms with van der Waals surface area (Å²) in [5.41, 5.74) is 0.901. The predicted molar refractivity (Wildman–Crippen MR) is 99.1 cm³/mol. The summed E-state index contributed by atoms with van der Waals surface area (Å²) >= 11 is 0. The van der Waals surface area contributed by atoms with E-state index in [-0.39, 0.29) is 5.91 Å². The molecule has 0 heterocycles. The van der Waals surface area contributed by atoms with Gasteiger partial charge >= 0.3 is 0 Å². The fraction of sp³-hybridized carbons (Fsp3) is 0.350. The van der Waals surface area contributed by atoms with E-state index in [1.807, 2.05) is 37.3 Å². The molecule has 0 bridgehead atoms. The highest BCUT2D eigenvalue weighted by Gasteiger charge is 2.16. The van der Waals surface area contributed by atoms with Gasteiger partial charge in [-0.2, -0.15) is 0 Å². The molecule has 2 aromatic rings. The molecule has 0 saturated heterocycles. The molecule has 0 aliphatic rings. The number of hydrogen-bond donors (Lipinski definition) is 1. The molecule has 2 rings (SSSR count). The van der Waals surface area contributed by atoms with Gasteiger partial charge in [0.05, 0.1) is 20.8 Å². The fourth-order valence-corrected chi connectivity index (χ4v) is 2.39. The molecule has 2 aromatic carbocycles. The van der Waals surface area contributed by atoms with Gasteiger partial charge in [0.1, 0.15) is 0 Å². The standard InChI is InChI=1S/C20H25NO5/c1-5-25-17-8-6-7-9-18(17)26-14(2)20(22)21-13-15-10-11-16(23-3)19(12-15)24-4/h6-12,14H,5,13H2,1-4H3,(H,21,22)/t14-/m0/s1. The van der Waals surface area contributed by atoms with Crippen LogP contribution in [0.15, 0.2) is 42.5 Å². The number of para-hydroxylation sites is 2. The van der Waals surface area contributed by atoms with Crippen molar-refractivity contribution in [2.24, 2.45) is 0 Å². The summed E-state index contributed by atoms with van der Waals surface area (Å²) in [6.45, 7) is 4.49. The highest BCUT2D eigenvalue weighted by atomic mass is 16.5. The smallest absolute Gasteiger partial charge is 0.261 e. The van der Waals surface area contributed by atoms with Crippen molar-refractivity contribution in [2.45, 2.75) is 26.5 Å². The van der Waals surface area contributed by atoms with E-state index in [9.17, 15) is 4.79 Å². The zero-order chi connectivity index (χ0) is 18.9. The molecule has 1 atom stereocenters. The molecule has 6 heteroatoms. The Labute approximate surface area is 154 Å². The van der Waals surface area contributed by atoms with Gasteiger partial charge in [-0.25, -0.2) is 0 Å². The molecule has 1 amide bonds.